The highest BCUT2D eigenvalue weighted by atomic mass is 35.5. The first kappa shape index (κ1) is 13.6. The fourth-order valence-corrected chi connectivity index (χ4v) is 1.72. The molecule has 2 rings (SSSR count). The summed E-state index contributed by atoms with van der Waals surface area (Å²) >= 11 is 6.08. The van der Waals surface area contributed by atoms with Crippen molar-refractivity contribution in [1.82, 2.24) is 9.97 Å². The molecule has 0 aliphatic heterocycles. The molecule has 0 radical (unpaired) electrons. The van der Waals surface area contributed by atoms with Gasteiger partial charge in [0.25, 0.3) is 0 Å². The Morgan fingerprint density at radius 1 is 1.32 bits per heavy atom. The van der Waals surface area contributed by atoms with Crippen molar-refractivity contribution in [3.63, 3.8) is 0 Å². The van der Waals surface area contributed by atoms with Crippen LogP contribution < -0.4 is 11.1 Å². The molecule has 0 unspecified atom stereocenters. The number of para-hydroxylation sites is 1. The lowest BCUT2D eigenvalue weighted by atomic mass is 10.3. The van der Waals surface area contributed by atoms with Gasteiger partial charge in [0.05, 0.1) is 10.7 Å². The zero-order valence-electron chi connectivity index (χ0n) is 10.6. The van der Waals surface area contributed by atoms with Gasteiger partial charge in [0, 0.05) is 12.7 Å². The molecule has 1 heterocycles. The zero-order valence-corrected chi connectivity index (χ0v) is 11.3. The molecule has 2 aromatic rings. The van der Waals surface area contributed by atoms with Crippen molar-refractivity contribution in [1.29, 1.82) is 0 Å². The molecule has 0 aliphatic rings. The summed E-state index contributed by atoms with van der Waals surface area (Å²) in [5.74, 6) is 1.52. The second kappa shape index (κ2) is 6.36. The second-order valence-corrected chi connectivity index (χ2v) is 4.24. The quantitative estimate of drug-likeness (QED) is 0.879. The van der Waals surface area contributed by atoms with Gasteiger partial charge in [-0.1, -0.05) is 23.7 Å². The number of rotatable bonds is 5. The SMILES string of the molecule is CCOCc1nc(N)cc(Nc2ccccc2Cl)n1. The van der Waals surface area contributed by atoms with Crippen molar-refractivity contribution in [3.8, 4) is 0 Å². The fraction of sp³-hybridized carbons (Fsp3) is 0.231. The van der Waals surface area contributed by atoms with Crippen LogP contribution in [0.4, 0.5) is 17.3 Å². The fourth-order valence-electron chi connectivity index (χ4n) is 1.54. The second-order valence-electron chi connectivity index (χ2n) is 3.84. The van der Waals surface area contributed by atoms with Crippen LogP contribution in [0.2, 0.25) is 5.02 Å². The molecule has 6 heteroatoms. The third-order valence-corrected chi connectivity index (χ3v) is 2.69. The molecule has 0 amide bonds. The van der Waals surface area contributed by atoms with Crippen LogP contribution in [0.5, 0.6) is 0 Å². The maximum Gasteiger partial charge on any atom is 0.158 e. The molecule has 100 valence electrons. The van der Waals surface area contributed by atoms with Gasteiger partial charge in [0.15, 0.2) is 5.82 Å². The molecule has 0 aliphatic carbocycles. The smallest absolute Gasteiger partial charge is 0.158 e. The van der Waals surface area contributed by atoms with Gasteiger partial charge in [-0.25, -0.2) is 9.97 Å². The number of anilines is 3. The molecule has 1 aromatic heterocycles. The number of halogens is 1. The molecule has 0 spiro atoms. The summed E-state index contributed by atoms with van der Waals surface area (Å²) in [5.41, 5.74) is 6.51. The number of hydrogen-bond acceptors (Lipinski definition) is 5. The number of aromatic nitrogens is 2. The lowest BCUT2D eigenvalue weighted by Crippen LogP contribution is -2.05. The van der Waals surface area contributed by atoms with Gasteiger partial charge in [-0.05, 0) is 19.1 Å². The predicted molar refractivity (Wildman–Crippen MR) is 76.5 cm³/mol. The van der Waals surface area contributed by atoms with E-state index in [9.17, 15) is 0 Å². The van der Waals surface area contributed by atoms with Crippen molar-refractivity contribution < 1.29 is 4.74 Å². The largest absolute Gasteiger partial charge is 0.384 e. The monoisotopic (exact) mass is 278 g/mol. The molecule has 5 nitrogen and oxygen atoms in total. The van der Waals surface area contributed by atoms with Crippen LogP contribution in [0.1, 0.15) is 12.7 Å². The van der Waals surface area contributed by atoms with E-state index in [4.69, 9.17) is 22.1 Å². The summed E-state index contributed by atoms with van der Waals surface area (Å²) in [4.78, 5) is 8.43. The number of nitrogens with two attached hydrogens (primary N) is 1. The van der Waals surface area contributed by atoms with E-state index in [1.54, 1.807) is 12.1 Å². The molecular formula is C13H15ClN4O. The first-order valence-corrected chi connectivity index (χ1v) is 6.29. The van der Waals surface area contributed by atoms with Gasteiger partial charge < -0.3 is 15.8 Å². The van der Waals surface area contributed by atoms with Crippen LogP contribution in [-0.4, -0.2) is 16.6 Å². The number of ether oxygens (including phenoxy) is 1. The van der Waals surface area contributed by atoms with Gasteiger partial charge in [-0.2, -0.15) is 0 Å². The molecule has 0 atom stereocenters. The van der Waals surface area contributed by atoms with Crippen molar-refractivity contribution in [3.05, 3.63) is 41.2 Å². The summed E-state index contributed by atoms with van der Waals surface area (Å²) in [6, 6.07) is 9.07. The number of hydrogen-bond donors (Lipinski definition) is 2. The molecule has 0 saturated heterocycles. The number of nitrogen functional groups attached to an aromatic ring is 1. The van der Waals surface area contributed by atoms with Crippen molar-refractivity contribution in [2.75, 3.05) is 17.7 Å². The number of benzene rings is 1. The van der Waals surface area contributed by atoms with Crippen molar-refractivity contribution >= 4 is 28.9 Å². The maximum atomic E-state index is 6.08. The highest BCUT2D eigenvalue weighted by Gasteiger charge is 2.05. The highest BCUT2D eigenvalue weighted by molar-refractivity contribution is 6.33. The van der Waals surface area contributed by atoms with Gasteiger partial charge in [-0.3, -0.25) is 0 Å². The van der Waals surface area contributed by atoms with E-state index in [1.807, 2.05) is 25.1 Å². The Bertz CT molecular complexity index is 562. The van der Waals surface area contributed by atoms with E-state index in [0.29, 0.717) is 35.7 Å². The van der Waals surface area contributed by atoms with Crippen LogP contribution in [0.15, 0.2) is 30.3 Å². The van der Waals surface area contributed by atoms with E-state index < -0.39 is 0 Å². The Hall–Kier alpha value is -1.85. The Kier molecular flexibility index (Phi) is 4.54. The van der Waals surface area contributed by atoms with Gasteiger partial charge in [0.1, 0.15) is 18.2 Å². The van der Waals surface area contributed by atoms with E-state index in [0.717, 1.165) is 5.69 Å². The van der Waals surface area contributed by atoms with E-state index >= 15 is 0 Å². The van der Waals surface area contributed by atoms with Crippen LogP contribution >= 0.6 is 11.6 Å². The number of nitrogens with one attached hydrogen (secondary N) is 1. The van der Waals surface area contributed by atoms with Gasteiger partial charge >= 0.3 is 0 Å². The first-order valence-electron chi connectivity index (χ1n) is 5.91. The van der Waals surface area contributed by atoms with E-state index in [-0.39, 0.29) is 0 Å². The summed E-state index contributed by atoms with van der Waals surface area (Å²) in [5, 5.41) is 3.73. The summed E-state index contributed by atoms with van der Waals surface area (Å²) < 4.78 is 5.27. The first-order chi connectivity index (χ1) is 9.19. The van der Waals surface area contributed by atoms with Crippen LogP contribution in [0, 0.1) is 0 Å². The van der Waals surface area contributed by atoms with E-state index in [2.05, 4.69) is 15.3 Å². The van der Waals surface area contributed by atoms with Crippen LogP contribution in [0.25, 0.3) is 0 Å². The zero-order chi connectivity index (χ0) is 13.7. The summed E-state index contributed by atoms with van der Waals surface area (Å²) in [6.45, 7) is 2.85. The minimum Gasteiger partial charge on any atom is -0.384 e. The third-order valence-electron chi connectivity index (χ3n) is 2.36. The minimum atomic E-state index is 0.332. The molecule has 0 fully saturated rings. The number of nitrogens with zero attached hydrogens (tertiary/aromatic N) is 2. The highest BCUT2D eigenvalue weighted by Crippen LogP contribution is 2.24. The van der Waals surface area contributed by atoms with E-state index in [1.165, 1.54) is 0 Å². The maximum absolute atomic E-state index is 6.08. The minimum absolute atomic E-state index is 0.332. The van der Waals surface area contributed by atoms with Gasteiger partial charge in [0.2, 0.25) is 0 Å². The Morgan fingerprint density at radius 3 is 2.84 bits per heavy atom. The van der Waals surface area contributed by atoms with Crippen molar-refractivity contribution in [2.45, 2.75) is 13.5 Å². The summed E-state index contributed by atoms with van der Waals surface area (Å²) in [6.07, 6.45) is 0. The molecule has 1 aromatic carbocycles. The molecule has 0 bridgehead atoms. The lowest BCUT2D eigenvalue weighted by molar-refractivity contribution is 0.128. The molecule has 3 N–H and O–H groups in total. The predicted octanol–water partition coefficient (Wildman–Crippen LogP) is 2.99. The summed E-state index contributed by atoms with van der Waals surface area (Å²) in [7, 11) is 0. The van der Waals surface area contributed by atoms with Crippen LogP contribution in [-0.2, 0) is 11.3 Å². The third kappa shape index (κ3) is 3.81. The molecular weight excluding hydrogens is 264 g/mol. The standard InChI is InChI=1S/C13H15ClN4O/c1-2-19-8-13-17-11(15)7-12(18-13)16-10-6-4-3-5-9(10)14/h3-7H,2,8H2,1H3,(H3,15,16,17,18). The Balaban J connectivity index is 2.20. The van der Waals surface area contributed by atoms with Crippen LogP contribution in [0.3, 0.4) is 0 Å². The Morgan fingerprint density at radius 2 is 2.11 bits per heavy atom. The van der Waals surface area contributed by atoms with Gasteiger partial charge in [-0.15, -0.1) is 0 Å². The topological polar surface area (TPSA) is 73.1 Å². The molecule has 0 saturated carbocycles. The average molecular weight is 279 g/mol. The Labute approximate surface area is 116 Å². The molecule has 19 heavy (non-hydrogen) atoms. The normalized spacial score (nSPS) is 10.4. The average Bonchev–Trinajstić information content (AvgIpc) is 2.38. The lowest BCUT2D eigenvalue weighted by Gasteiger charge is -2.09. The van der Waals surface area contributed by atoms with Crippen molar-refractivity contribution in [2.24, 2.45) is 0 Å².